The monoisotopic (exact) mass is 832 g/mol. The van der Waals surface area contributed by atoms with Crippen LogP contribution in [0.25, 0.3) is 77.2 Å². The van der Waals surface area contributed by atoms with Gasteiger partial charge in [0.15, 0.2) is 0 Å². The molecule has 302 valence electrons. The van der Waals surface area contributed by atoms with E-state index in [0.717, 1.165) is 33.4 Å². The minimum absolute atomic E-state index is 0.0226. The SMILES string of the molecule is FC(F)(F)c1cccc(-c2c(-n3c4ccccc4c4ccccc43)c(C(F)(F)F)c(-n3c4ccccc4c4ccccc43)c(-c3cccc(C(F)(F)F)c3)c2C(F)(F)F)c1. The number of hydrogen-bond donors (Lipinski definition) is 0. The zero-order valence-corrected chi connectivity index (χ0v) is 30.3. The summed E-state index contributed by atoms with van der Waals surface area (Å²) in [5, 5.41) is 1.24. The Hall–Kier alpha value is -6.70. The van der Waals surface area contributed by atoms with Crippen LogP contribution in [0.2, 0.25) is 0 Å². The quantitative estimate of drug-likeness (QED) is 0.156. The van der Waals surface area contributed by atoms with E-state index >= 15 is 26.3 Å². The maximum atomic E-state index is 16.8. The Balaban J connectivity index is 1.67. The van der Waals surface area contributed by atoms with Gasteiger partial charge in [0.1, 0.15) is 5.56 Å². The first-order chi connectivity index (χ1) is 28.4. The first-order valence-electron chi connectivity index (χ1n) is 18.1. The number of alkyl halides is 12. The maximum Gasteiger partial charge on any atom is 0.420 e. The van der Waals surface area contributed by atoms with Crippen LogP contribution in [0.3, 0.4) is 0 Å². The molecule has 2 aromatic heterocycles. The van der Waals surface area contributed by atoms with E-state index in [1.165, 1.54) is 48.5 Å². The Kier molecular flexibility index (Phi) is 8.67. The Labute approximate surface area is 331 Å². The zero-order valence-electron chi connectivity index (χ0n) is 30.3. The number of nitrogens with zero attached hydrogens (tertiary/aromatic N) is 2. The third kappa shape index (κ3) is 6.15. The fraction of sp³-hybridized carbons (Fsp3) is 0.0870. The molecule has 0 N–H and O–H groups in total. The summed E-state index contributed by atoms with van der Waals surface area (Å²) >= 11 is 0. The smallest absolute Gasteiger partial charge is 0.308 e. The zero-order chi connectivity index (χ0) is 42.5. The molecule has 7 aromatic carbocycles. The van der Waals surface area contributed by atoms with Gasteiger partial charge in [-0.1, -0.05) is 97.1 Å². The molecule has 0 aliphatic heterocycles. The molecule has 0 atom stereocenters. The van der Waals surface area contributed by atoms with Gasteiger partial charge in [-0.15, -0.1) is 0 Å². The molecule has 14 heteroatoms. The van der Waals surface area contributed by atoms with Gasteiger partial charge in [-0.05, 0) is 59.7 Å². The van der Waals surface area contributed by atoms with Crippen LogP contribution in [0, 0.1) is 0 Å². The number of para-hydroxylation sites is 4. The molecule has 0 fully saturated rings. The van der Waals surface area contributed by atoms with Crippen LogP contribution >= 0.6 is 0 Å². The Morgan fingerprint density at radius 3 is 0.883 bits per heavy atom. The molecule has 0 bridgehead atoms. The van der Waals surface area contributed by atoms with Crippen LogP contribution in [-0.2, 0) is 24.7 Å². The fourth-order valence-electron chi connectivity index (χ4n) is 8.31. The molecule has 0 saturated heterocycles. The molecule has 0 saturated carbocycles. The Bertz CT molecular complexity index is 2860. The van der Waals surface area contributed by atoms with E-state index in [-0.39, 0.29) is 22.1 Å². The minimum Gasteiger partial charge on any atom is -0.308 e. The minimum atomic E-state index is -5.72. The van der Waals surface area contributed by atoms with Gasteiger partial charge in [0, 0.05) is 32.7 Å². The first-order valence-corrected chi connectivity index (χ1v) is 18.1. The summed E-state index contributed by atoms with van der Waals surface area (Å²) in [5.74, 6) is 0. The molecule has 0 aliphatic rings. The Morgan fingerprint density at radius 2 is 0.600 bits per heavy atom. The maximum absolute atomic E-state index is 16.8. The first kappa shape index (κ1) is 38.8. The highest BCUT2D eigenvalue weighted by Gasteiger charge is 2.49. The van der Waals surface area contributed by atoms with Gasteiger partial charge in [0.05, 0.1) is 50.1 Å². The van der Waals surface area contributed by atoms with Crippen LogP contribution in [0.4, 0.5) is 52.7 Å². The lowest BCUT2D eigenvalue weighted by Crippen LogP contribution is -2.23. The van der Waals surface area contributed by atoms with E-state index in [1.807, 2.05) is 0 Å². The van der Waals surface area contributed by atoms with Gasteiger partial charge in [-0.25, -0.2) is 0 Å². The highest BCUT2D eigenvalue weighted by Crippen LogP contribution is 2.57. The Morgan fingerprint density at radius 1 is 0.300 bits per heavy atom. The van der Waals surface area contributed by atoms with Gasteiger partial charge < -0.3 is 9.13 Å². The highest BCUT2D eigenvalue weighted by atomic mass is 19.4. The number of rotatable bonds is 4. The molecule has 2 heterocycles. The molecule has 0 radical (unpaired) electrons. The van der Waals surface area contributed by atoms with Crippen LogP contribution < -0.4 is 0 Å². The second-order valence-electron chi connectivity index (χ2n) is 14.1. The van der Waals surface area contributed by atoms with E-state index in [9.17, 15) is 26.3 Å². The number of benzene rings is 7. The van der Waals surface area contributed by atoms with Crippen molar-refractivity contribution < 1.29 is 52.7 Å². The molecule has 9 aromatic rings. The van der Waals surface area contributed by atoms with Crippen molar-refractivity contribution in [2.24, 2.45) is 0 Å². The van der Waals surface area contributed by atoms with Crippen LogP contribution in [0.5, 0.6) is 0 Å². The summed E-state index contributed by atoms with van der Waals surface area (Å²) in [5.41, 5.74) is -13.5. The van der Waals surface area contributed by atoms with Gasteiger partial charge in [-0.3, -0.25) is 0 Å². The summed E-state index contributed by atoms with van der Waals surface area (Å²) < 4.78 is 188. The molecule has 2 nitrogen and oxygen atoms in total. The van der Waals surface area contributed by atoms with Crippen molar-refractivity contribution in [2.45, 2.75) is 24.7 Å². The van der Waals surface area contributed by atoms with Crippen molar-refractivity contribution >= 4 is 43.6 Å². The third-order valence-corrected chi connectivity index (χ3v) is 10.6. The van der Waals surface area contributed by atoms with E-state index in [4.69, 9.17) is 0 Å². The van der Waals surface area contributed by atoms with E-state index in [2.05, 4.69) is 0 Å². The molecule has 9 rings (SSSR count). The van der Waals surface area contributed by atoms with Crippen molar-refractivity contribution in [1.82, 2.24) is 9.13 Å². The molecule has 0 amide bonds. The van der Waals surface area contributed by atoms with Crippen molar-refractivity contribution in [3.63, 3.8) is 0 Å². The van der Waals surface area contributed by atoms with Crippen LogP contribution in [-0.4, -0.2) is 9.13 Å². The average Bonchev–Trinajstić information content (AvgIpc) is 3.71. The van der Waals surface area contributed by atoms with Crippen LogP contribution in [0.15, 0.2) is 146 Å². The number of hydrogen-bond acceptors (Lipinski definition) is 0. The van der Waals surface area contributed by atoms with E-state index in [1.54, 1.807) is 48.5 Å². The van der Waals surface area contributed by atoms with E-state index in [0.29, 0.717) is 45.8 Å². The van der Waals surface area contributed by atoms with Gasteiger partial charge >= 0.3 is 24.7 Å². The molecule has 0 unspecified atom stereocenters. The van der Waals surface area contributed by atoms with Gasteiger partial charge in [-0.2, -0.15) is 52.7 Å². The molecule has 0 spiro atoms. The van der Waals surface area contributed by atoms with Crippen molar-refractivity contribution in [3.05, 3.63) is 168 Å². The summed E-state index contributed by atoms with van der Waals surface area (Å²) in [4.78, 5) is 0. The highest BCUT2D eigenvalue weighted by molar-refractivity contribution is 6.13. The molecule has 60 heavy (non-hydrogen) atoms. The van der Waals surface area contributed by atoms with Crippen molar-refractivity contribution in [2.75, 3.05) is 0 Å². The summed E-state index contributed by atoms with van der Waals surface area (Å²) in [6.07, 6.45) is -21.7. The van der Waals surface area contributed by atoms with Crippen molar-refractivity contribution in [1.29, 1.82) is 0 Å². The lowest BCUT2D eigenvalue weighted by atomic mass is 9.84. The number of halogens is 12. The summed E-state index contributed by atoms with van der Waals surface area (Å²) in [7, 11) is 0. The summed E-state index contributed by atoms with van der Waals surface area (Å²) in [6, 6.07) is 28.7. The lowest BCUT2D eigenvalue weighted by molar-refractivity contribution is -0.140. The van der Waals surface area contributed by atoms with Gasteiger partial charge in [0.25, 0.3) is 0 Å². The lowest BCUT2D eigenvalue weighted by Gasteiger charge is -2.31. The second kappa shape index (κ2) is 13.4. The third-order valence-electron chi connectivity index (χ3n) is 10.6. The summed E-state index contributed by atoms with van der Waals surface area (Å²) in [6.45, 7) is 0. The van der Waals surface area contributed by atoms with E-state index < -0.39 is 80.6 Å². The average molecular weight is 833 g/mol. The topological polar surface area (TPSA) is 9.86 Å². The fourth-order valence-corrected chi connectivity index (χ4v) is 8.31. The molecular formula is C46H24F12N2. The van der Waals surface area contributed by atoms with Crippen LogP contribution in [0.1, 0.15) is 22.3 Å². The number of fused-ring (bicyclic) bond motifs is 6. The largest absolute Gasteiger partial charge is 0.420 e. The predicted octanol–water partition coefficient (Wildman–Crippen LogP) is 15.3. The van der Waals surface area contributed by atoms with Gasteiger partial charge in [0.2, 0.25) is 0 Å². The standard InChI is InChI=1S/C46H24F12N2/c47-43(48,49)27-13-9-11-25(23-27)37-39(45(53,54)55)38(26-12-10-14-28(24-26)44(50,51)52)42(60-35-21-7-3-17-31(35)32-18-4-8-22-36(32)60)40(46(56,57)58)41(37)59-33-19-5-1-15-29(33)30-16-2-6-20-34(30)59/h1-24H. The number of aromatic nitrogens is 2. The van der Waals surface area contributed by atoms with Crippen molar-refractivity contribution in [3.8, 4) is 33.6 Å². The second-order valence-corrected chi connectivity index (χ2v) is 14.1. The normalized spacial score (nSPS) is 13.0. The predicted molar refractivity (Wildman–Crippen MR) is 206 cm³/mol. The molecular weight excluding hydrogens is 808 g/mol. The molecule has 0 aliphatic carbocycles.